The number of likely N-dealkylation sites (N-methyl/N-ethyl adjacent to an activating group) is 1. The summed E-state index contributed by atoms with van der Waals surface area (Å²) < 4.78 is 0. The minimum Gasteiger partial charge on any atom is -0.384 e. The van der Waals surface area contributed by atoms with Gasteiger partial charge in [-0.1, -0.05) is 12.1 Å². The van der Waals surface area contributed by atoms with Gasteiger partial charge in [-0.25, -0.2) is 4.98 Å². The molecule has 0 saturated heterocycles. The zero-order valence-electron chi connectivity index (χ0n) is 11.1. The van der Waals surface area contributed by atoms with Crippen LogP contribution in [0.5, 0.6) is 0 Å². The Morgan fingerprint density at radius 3 is 2.74 bits per heavy atom. The molecule has 0 fully saturated rings. The Balaban J connectivity index is 1.89. The van der Waals surface area contributed by atoms with Crippen LogP contribution < -0.4 is 15.5 Å². The van der Waals surface area contributed by atoms with E-state index < -0.39 is 0 Å². The molecule has 2 heterocycles. The average Bonchev–Trinajstić information content (AvgIpc) is 2.42. The molecule has 19 heavy (non-hydrogen) atoms. The van der Waals surface area contributed by atoms with Crippen LogP contribution >= 0.6 is 0 Å². The quantitative estimate of drug-likeness (QED) is 0.891. The summed E-state index contributed by atoms with van der Waals surface area (Å²) in [5, 5.41) is 0. The van der Waals surface area contributed by atoms with E-state index in [9.17, 15) is 0 Å². The first kappa shape index (κ1) is 11.8. The Hall–Kier alpha value is -2.23. The normalized spacial score (nSPS) is 14.4. The van der Waals surface area contributed by atoms with Gasteiger partial charge in [0.15, 0.2) is 0 Å². The molecule has 2 aromatic rings. The Bertz CT molecular complexity index is 582. The molecule has 1 aromatic carbocycles. The summed E-state index contributed by atoms with van der Waals surface area (Å²) >= 11 is 0. The number of fused-ring (bicyclic) bond motifs is 1. The van der Waals surface area contributed by atoms with E-state index in [2.05, 4.69) is 46.1 Å². The van der Waals surface area contributed by atoms with Gasteiger partial charge in [-0.05, 0) is 29.8 Å². The Kier molecular flexibility index (Phi) is 2.99. The Morgan fingerprint density at radius 1 is 1.16 bits per heavy atom. The summed E-state index contributed by atoms with van der Waals surface area (Å²) in [6, 6.07) is 12.5. The second kappa shape index (κ2) is 4.80. The zero-order valence-corrected chi connectivity index (χ0v) is 11.1. The molecule has 0 aliphatic carbocycles. The largest absolute Gasteiger partial charge is 0.384 e. The molecule has 2 N–H and O–H groups in total. The third kappa shape index (κ3) is 2.34. The summed E-state index contributed by atoms with van der Waals surface area (Å²) in [6.07, 6.45) is 1.77. The molecule has 0 saturated carbocycles. The van der Waals surface area contributed by atoms with E-state index in [1.807, 2.05) is 12.1 Å². The summed E-state index contributed by atoms with van der Waals surface area (Å²) in [4.78, 5) is 8.73. The van der Waals surface area contributed by atoms with Crippen molar-refractivity contribution >= 4 is 17.2 Å². The van der Waals surface area contributed by atoms with E-state index in [1.165, 1.54) is 16.9 Å². The predicted molar refractivity (Wildman–Crippen MR) is 79.4 cm³/mol. The van der Waals surface area contributed by atoms with Gasteiger partial charge < -0.3 is 15.5 Å². The first-order chi connectivity index (χ1) is 9.24. The van der Waals surface area contributed by atoms with E-state index in [0.29, 0.717) is 5.82 Å². The van der Waals surface area contributed by atoms with Crippen molar-refractivity contribution in [1.82, 2.24) is 4.98 Å². The van der Waals surface area contributed by atoms with Crippen molar-refractivity contribution in [3.05, 3.63) is 48.2 Å². The number of anilines is 3. The lowest BCUT2D eigenvalue weighted by Gasteiger charge is -2.37. The van der Waals surface area contributed by atoms with Gasteiger partial charge in [-0.2, -0.15) is 0 Å². The number of nitrogens with two attached hydrogens (primary N) is 1. The second-order valence-corrected chi connectivity index (χ2v) is 4.92. The van der Waals surface area contributed by atoms with E-state index in [-0.39, 0.29) is 0 Å². The fourth-order valence-corrected chi connectivity index (χ4v) is 2.54. The molecule has 4 heteroatoms. The monoisotopic (exact) mass is 254 g/mol. The summed E-state index contributed by atoms with van der Waals surface area (Å²) in [5.41, 5.74) is 9.52. The SMILES string of the molecule is CN1CCN(Cc2ccnc(N)c2)c2ccccc21. The number of pyridine rings is 1. The lowest BCUT2D eigenvalue weighted by molar-refractivity contribution is 0.734. The molecule has 0 bridgehead atoms. The fourth-order valence-electron chi connectivity index (χ4n) is 2.54. The van der Waals surface area contributed by atoms with Gasteiger partial charge in [0.05, 0.1) is 11.4 Å². The lowest BCUT2D eigenvalue weighted by atomic mass is 10.1. The zero-order chi connectivity index (χ0) is 13.2. The van der Waals surface area contributed by atoms with Crippen LogP contribution in [0.1, 0.15) is 5.56 Å². The maximum atomic E-state index is 5.74. The highest BCUT2D eigenvalue weighted by Crippen LogP contribution is 2.32. The van der Waals surface area contributed by atoms with Gasteiger partial charge >= 0.3 is 0 Å². The van der Waals surface area contributed by atoms with Gasteiger partial charge in [0.1, 0.15) is 5.82 Å². The minimum atomic E-state index is 0.583. The van der Waals surface area contributed by atoms with Crippen LogP contribution in [0, 0.1) is 0 Å². The Labute approximate surface area is 113 Å². The highest BCUT2D eigenvalue weighted by molar-refractivity contribution is 5.73. The number of nitrogen functional groups attached to an aromatic ring is 1. The van der Waals surface area contributed by atoms with Crippen LogP contribution in [0.25, 0.3) is 0 Å². The number of aromatic nitrogens is 1. The van der Waals surface area contributed by atoms with Gasteiger partial charge in [0.2, 0.25) is 0 Å². The van der Waals surface area contributed by atoms with Crippen LogP contribution in [0.15, 0.2) is 42.6 Å². The molecule has 0 amide bonds. The molecule has 1 aliphatic heterocycles. The maximum Gasteiger partial charge on any atom is 0.123 e. The smallest absolute Gasteiger partial charge is 0.123 e. The van der Waals surface area contributed by atoms with Crippen molar-refractivity contribution in [3.8, 4) is 0 Å². The van der Waals surface area contributed by atoms with E-state index in [4.69, 9.17) is 5.73 Å². The highest BCUT2D eigenvalue weighted by Gasteiger charge is 2.19. The summed E-state index contributed by atoms with van der Waals surface area (Å²) in [6.45, 7) is 2.94. The molecule has 1 aliphatic rings. The molecular formula is C15H18N4. The number of nitrogens with zero attached hydrogens (tertiary/aromatic N) is 3. The molecule has 3 rings (SSSR count). The fraction of sp³-hybridized carbons (Fsp3) is 0.267. The number of para-hydroxylation sites is 2. The van der Waals surface area contributed by atoms with Crippen LogP contribution in [0.3, 0.4) is 0 Å². The van der Waals surface area contributed by atoms with Crippen molar-refractivity contribution in [1.29, 1.82) is 0 Å². The molecule has 0 atom stereocenters. The predicted octanol–water partition coefficient (Wildman–Crippen LogP) is 2.12. The summed E-state index contributed by atoms with van der Waals surface area (Å²) in [5.74, 6) is 0.583. The molecule has 4 nitrogen and oxygen atoms in total. The Morgan fingerprint density at radius 2 is 1.95 bits per heavy atom. The molecular weight excluding hydrogens is 236 g/mol. The first-order valence-electron chi connectivity index (χ1n) is 6.49. The molecule has 0 radical (unpaired) electrons. The van der Waals surface area contributed by atoms with Crippen LogP contribution in [-0.2, 0) is 6.54 Å². The van der Waals surface area contributed by atoms with E-state index >= 15 is 0 Å². The van der Waals surface area contributed by atoms with Gasteiger partial charge in [0.25, 0.3) is 0 Å². The number of hydrogen-bond donors (Lipinski definition) is 1. The van der Waals surface area contributed by atoms with Crippen molar-refractivity contribution in [2.75, 3.05) is 35.7 Å². The van der Waals surface area contributed by atoms with Gasteiger partial charge in [-0.15, -0.1) is 0 Å². The van der Waals surface area contributed by atoms with Crippen LogP contribution in [0.2, 0.25) is 0 Å². The van der Waals surface area contributed by atoms with Crippen LogP contribution in [-0.4, -0.2) is 25.1 Å². The second-order valence-electron chi connectivity index (χ2n) is 4.92. The van der Waals surface area contributed by atoms with Crippen molar-refractivity contribution in [2.24, 2.45) is 0 Å². The first-order valence-corrected chi connectivity index (χ1v) is 6.49. The van der Waals surface area contributed by atoms with Crippen molar-refractivity contribution in [3.63, 3.8) is 0 Å². The number of hydrogen-bond acceptors (Lipinski definition) is 4. The molecule has 98 valence electrons. The van der Waals surface area contributed by atoms with Gasteiger partial charge in [-0.3, -0.25) is 0 Å². The minimum absolute atomic E-state index is 0.583. The third-order valence-corrected chi connectivity index (χ3v) is 3.56. The van der Waals surface area contributed by atoms with E-state index in [0.717, 1.165) is 19.6 Å². The summed E-state index contributed by atoms with van der Waals surface area (Å²) in [7, 11) is 2.14. The molecule has 0 spiro atoms. The third-order valence-electron chi connectivity index (χ3n) is 3.56. The highest BCUT2D eigenvalue weighted by atomic mass is 15.2. The number of rotatable bonds is 2. The average molecular weight is 254 g/mol. The maximum absolute atomic E-state index is 5.74. The van der Waals surface area contributed by atoms with Crippen molar-refractivity contribution < 1.29 is 0 Å². The van der Waals surface area contributed by atoms with Gasteiger partial charge in [0, 0.05) is 32.9 Å². The van der Waals surface area contributed by atoms with Crippen molar-refractivity contribution in [2.45, 2.75) is 6.54 Å². The van der Waals surface area contributed by atoms with Crippen LogP contribution in [0.4, 0.5) is 17.2 Å². The lowest BCUT2D eigenvalue weighted by Crippen LogP contribution is -2.38. The topological polar surface area (TPSA) is 45.4 Å². The molecule has 0 unspecified atom stereocenters. The van der Waals surface area contributed by atoms with E-state index in [1.54, 1.807) is 6.20 Å². The standard InChI is InChI=1S/C15H18N4/c1-18-8-9-19(14-5-3-2-4-13(14)18)11-12-6-7-17-15(16)10-12/h2-7,10H,8-9,11H2,1H3,(H2,16,17). The molecule has 1 aromatic heterocycles. The number of benzene rings is 1.